The molecule has 0 amide bonds. The summed E-state index contributed by atoms with van der Waals surface area (Å²) >= 11 is 2.22. The van der Waals surface area contributed by atoms with Gasteiger partial charge in [0.2, 0.25) is 0 Å². The molecule has 52 valence electrons. The molecule has 0 N–H and O–H groups in total. The lowest BCUT2D eigenvalue weighted by molar-refractivity contribution is 0.432. The highest BCUT2D eigenvalue weighted by atomic mass is 32.2. The monoisotopic (exact) mass is 142 g/mol. The molecule has 0 aromatic carbocycles. The van der Waals surface area contributed by atoms with Gasteiger partial charge in [-0.25, -0.2) is 0 Å². The van der Waals surface area contributed by atoms with Crippen LogP contribution in [0.4, 0.5) is 0 Å². The van der Waals surface area contributed by atoms with E-state index < -0.39 is 0 Å². The fourth-order valence-electron chi connectivity index (χ4n) is 2.21. The van der Waals surface area contributed by atoms with Gasteiger partial charge in [-0.3, -0.25) is 0 Å². The topological polar surface area (TPSA) is 0 Å². The molecule has 3 atom stereocenters. The van der Waals surface area contributed by atoms with Gasteiger partial charge in [0.25, 0.3) is 0 Å². The maximum absolute atomic E-state index is 2.42. The predicted octanol–water partition coefficient (Wildman–Crippen LogP) is 2.54. The molecule has 0 aromatic heterocycles. The number of rotatable bonds is 0. The van der Waals surface area contributed by atoms with Gasteiger partial charge in [0.15, 0.2) is 0 Å². The van der Waals surface area contributed by atoms with Crippen molar-refractivity contribution in [1.82, 2.24) is 0 Å². The first-order valence-corrected chi connectivity index (χ1v) is 5.04. The SMILES string of the molecule is C[C@@H]1CS[C@@H]2CCC[C@@H]12. The summed E-state index contributed by atoms with van der Waals surface area (Å²) in [4.78, 5) is 0. The molecule has 9 heavy (non-hydrogen) atoms. The Morgan fingerprint density at radius 1 is 1.33 bits per heavy atom. The molecule has 1 heterocycles. The van der Waals surface area contributed by atoms with E-state index in [-0.39, 0.29) is 0 Å². The molecular formula is C8H14S. The fourth-order valence-corrected chi connectivity index (χ4v) is 3.99. The molecule has 1 aliphatic heterocycles. The molecule has 0 aromatic rings. The van der Waals surface area contributed by atoms with Crippen LogP contribution in [0, 0.1) is 11.8 Å². The van der Waals surface area contributed by atoms with E-state index in [2.05, 4.69) is 18.7 Å². The van der Waals surface area contributed by atoms with Gasteiger partial charge in [0.1, 0.15) is 0 Å². The molecule has 1 aliphatic carbocycles. The first-order valence-electron chi connectivity index (χ1n) is 3.99. The minimum atomic E-state index is 1.03. The zero-order valence-corrected chi connectivity index (χ0v) is 6.79. The van der Waals surface area contributed by atoms with E-state index in [1.807, 2.05) is 0 Å². The smallest absolute Gasteiger partial charge is 0.00782 e. The van der Waals surface area contributed by atoms with E-state index in [0.29, 0.717) is 0 Å². The van der Waals surface area contributed by atoms with Gasteiger partial charge < -0.3 is 0 Å². The van der Waals surface area contributed by atoms with Crippen LogP contribution in [0.2, 0.25) is 0 Å². The van der Waals surface area contributed by atoms with Gasteiger partial charge in [-0.15, -0.1) is 0 Å². The molecule has 1 saturated carbocycles. The molecule has 2 fully saturated rings. The molecule has 0 unspecified atom stereocenters. The van der Waals surface area contributed by atoms with Crippen LogP contribution in [0.15, 0.2) is 0 Å². The molecular weight excluding hydrogens is 128 g/mol. The summed E-state index contributed by atoms with van der Waals surface area (Å²) in [5.41, 5.74) is 0. The van der Waals surface area contributed by atoms with Crippen molar-refractivity contribution in [1.29, 1.82) is 0 Å². The maximum Gasteiger partial charge on any atom is 0.00782 e. The van der Waals surface area contributed by atoms with Crippen LogP contribution in [0.1, 0.15) is 26.2 Å². The van der Waals surface area contributed by atoms with E-state index in [9.17, 15) is 0 Å². The van der Waals surface area contributed by atoms with Crippen molar-refractivity contribution >= 4 is 11.8 Å². The number of thioether (sulfide) groups is 1. The van der Waals surface area contributed by atoms with Crippen LogP contribution in [-0.2, 0) is 0 Å². The standard InChI is InChI=1S/C8H14S/c1-6-5-9-8-4-2-3-7(6)8/h6-8H,2-5H2,1H3/t6-,7+,8-/m1/s1. The first kappa shape index (κ1) is 6.09. The van der Waals surface area contributed by atoms with Crippen molar-refractivity contribution in [2.45, 2.75) is 31.4 Å². The molecule has 0 radical (unpaired) electrons. The lowest BCUT2D eigenvalue weighted by atomic mass is 9.95. The minimum Gasteiger partial charge on any atom is -0.158 e. The van der Waals surface area contributed by atoms with Crippen LogP contribution in [0.5, 0.6) is 0 Å². The van der Waals surface area contributed by atoms with Gasteiger partial charge in [-0.2, -0.15) is 11.8 Å². The van der Waals surface area contributed by atoms with E-state index >= 15 is 0 Å². The normalized spacial score (nSPS) is 49.7. The zero-order valence-electron chi connectivity index (χ0n) is 5.97. The zero-order chi connectivity index (χ0) is 6.27. The van der Waals surface area contributed by atoms with Crippen LogP contribution in [-0.4, -0.2) is 11.0 Å². The summed E-state index contributed by atoms with van der Waals surface area (Å²) in [6.45, 7) is 2.42. The third-order valence-corrected chi connectivity index (χ3v) is 4.54. The number of hydrogen-bond donors (Lipinski definition) is 0. The molecule has 1 saturated heterocycles. The van der Waals surface area contributed by atoms with E-state index in [0.717, 1.165) is 17.1 Å². The molecule has 0 spiro atoms. The van der Waals surface area contributed by atoms with Crippen LogP contribution >= 0.6 is 11.8 Å². The quantitative estimate of drug-likeness (QED) is 0.501. The number of fused-ring (bicyclic) bond motifs is 1. The second-order valence-corrected chi connectivity index (χ2v) is 4.72. The summed E-state index contributed by atoms with van der Waals surface area (Å²) in [7, 11) is 0. The van der Waals surface area contributed by atoms with Crippen molar-refractivity contribution < 1.29 is 0 Å². The maximum atomic E-state index is 2.42. The second-order valence-electron chi connectivity index (χ2n) is 3.44. The Labute approximate surface area is 61.4 Å². The Hall–Kier alpha value is 0.350. The molecule has 2 aliphatic rings. The average molecular weight is 142 g/mol. The fraction of sp³-hybridized carbons (Fsp3) is 1.00. The summed E-state index contributed by atoms with van der Waals surface area (Å²) in [5, 5.41) is 1.07. The first-order chi connectivity index (χ1) is 4.38. The summed E-state index contributed by atoms with van der Waals surface area (Å²) in [5.74, 6) is 3.58. The lowest BCUT2D eigenvalue weighted by Crippen LogP contribution is -2.09. The summed E-state index contributed by atoms with van der Waals surface area (Å²) in [6.07, 6.45) is 4.55. The Bertz CT molecular complexity index is 111. The van der Waals surface area contributed by atoms with Gasteiger partial charge in [0, 0.05) is 5.25 Å². The highest BCUT2D eigenvalue weighted by Gasteiger charge is 2.36. The van der Waals surface area contributed by atoms with Crippen molar-refractivity contribution in [3.8, 4) is 0 Å². The predicted molar refractivity (Wildman–Crippen MR) is 42.8 cm³/mol. The molecule has 0 bridgehead atoms. The highest BCUT2D eigenvalue weighted by molar-refractivity contribution is 8.00. The van der Waals surface area contributed by atoms with Gasteiger partial charge in [-0.1, -0.05) is 13.3 Å². The van der Waals surface area contributed by atoms with Crippen LogP contribution in [0.25, 0.3) is 0 Å². The van der Waals surface area contributed by atoms with E-state index in [4.69, 9.17) is 0 Å². The van der Waals surface area contributed by atoms with Crippen molar-refractivity contribution in [2.24, 2.45) is 11.8 Å². The Balaban J connectivity index is 2.07. The van der Waals surface area contributed by atoms with Crippen molar-refractivity contribution in [3.63, 3.8) is 0 Å². The van der Waals surface area contributed by atoms with E-state index in [1.54, 1.807) is 0 Å². The number of hydrogen-bond acceptors (Lipinski definition) is 1. The average Bonchev–Trinajstić information content (AvgIpc) is 2.35. The van der Waals surface area contributed by atoms with Crippen molar-refractivity contribution in [3.05, 3.63) is 0 Å². The van der Waals surface area contributed by atoms with Crippen LogP contribution in [0.3, 0.4) is 0 Å². The third kappa shape index (κ3) is 0.899. The Morgan fingerprint density at radius 3 is 3.00 bits per heavy atom. The van der Waals surface area contributed by atoms with Gasteiger partial charge in [0.05, 0.1) is 0 Å². The molecule has 2 rings (SSSR count). The van der Waals surface area contributed by atoms with Gasteiger partial charge in [-0.05, 0) is 30.4 Å². The van der Waals surface area contributed by atoms with E-state index in [1.165, 1.54) is 25.0 Å². The Morgan fingerprint density at radius 2 is 2.22 bits per heavy atom. The minimum absolute atomic E-state index is 1.03. The molecule has 1 heteroatoms. The van der Waals surface area contributed by atoms with Gasteiger partial charge >= 0.3 is 0 Å². The van der Waals surface area contributed by atoms with Crippen LogP contribution < -0.4 is 0 Å². The third-order valence-electron chi connectivity index (χ3n) is 2.81. The molecule has 0 nitrogen and oxygen atoms in total. The summed E-state index contributed by atoms with van der Waals surface area (Å²) in [6, 6.07) is 0. The highest BCUT2D eigenvalue weighted by Crippen LogP contribution is 2.46. The lowest BCUT2D eigenvalue weighted by Gasteiger charge is -2.10. The Kier molecular flexibility index (Phi) is 1.48. The largest absolute Gasteiger partial charge is 0.158 e. The van der Waals surface area contributed by atoms with Crippen molar-refractivity contribution in [2.75, 3.05) is 5.75 Å². The summed E-state index contributed by atoms with van der Waals surface area (Å²) < 4.78 is 0. The second kappa shape index (κ2) is 2.19.